The van der Waals surface area contributed by atoms with Crippen LogP contribution in [0.3, 0.4) is 0 Å². The Morgan fingerprint density at radius 3 is 2.50 bits per heavy atom. The number of benzene rings is 1. The van der Waals surface area contributed by atoms with Crippen LogP contribution in [-0.2, 0) is 4.74 Å². The first-order valence-electron chi connectivity index (χ1n) is 7.36. The van der Waals surface area contributed by atoms with Gasteiger partial charge in [-0.05, 0) is 37.6 Å². The summed E-state index contributed by atoms with van der Waals surface area (Å²) in [6.45, 7) is 7.63. The fourth-order valence-electron chi connectivity index (χ4n) is 2.40. The van der Waals surface area contributed by atoms with Crippen molar-refractivity contribution in [1.29, 1.82) is 0 Å². The minimum atomic E-state index is -0.334. The predicted octanol–water partition coefficient (Wildman–Crippen LogP) is 3.69. The van der Waals surface area contributed by atoms with Crippen LogP contribution in [0, 0.1) is 5.82 Å². The summed E-state index contributed by atoms with van der Waals surface area (Å²) in [4.78, 5) is 0. The summed E-state index contributed by atoms with van der Waals surface area (Å²) in [6, 6.07) is 5.11. The zero-order valence-electron chi connectivity index (χ0n) is 12.9. The summed E-state index contributed by atoms with van der Waals surface area (Å²) in [5.41, 5.74) is 0.900. The minimum absolute atomic E-state index is 0.000283. The maximum atomic E-state index is 13.9. The quantitative estimate of drug-likeness (QED) is 0.749. The average molecular weight is 283 g/mol. The van der Waals surface area contributed by atoms with E-state index in [4.69, 9.17) is 9.47 Å². The average Bonchev–Trinajstić information content (AvgIpc) is 2.44. The molecule has 0 saturated carbocycles. The highest BCUT2D eigenvalue weighted by Crippen LogP contribution is 2.27. The van der Waals surface area contributed by atoms with Crippen molar-refractivity contribution >= 4 is 0 Å². The van der Waals surface area contributed by atoms with Crippen LogP contribution in [0.2, 0.25) is 0 Å². The van der Waals surface area contributed by atoms with Crippen LogP contribution >= 0.6 is 0 Å². The Labute approximate surface area is 121 Å². The minimum Gasteiger partial charge on any atom is -0.494 e. The van der Waals surface area contributed by atoms with Crippen LogP contribution in [0.1, 0.15) is 45.2 Å². The summed E-state index contributed by atoms with van der Waals surface area (Å²) in [5, 5.41) is 3.40. The van der Waals surface area contributed by atoms with E-state index >= 15 is 0 Å². The third kappa shape index (κ3) is 4.46. The molecule has 4 heteroatoms. The van der Waals surface area contributed by atoms with Crippen LogP contribution in [0.4, 0.5) is 4.39 Å². The van der Waals surface area contributed by atoms with Gasteiger partial charge in [0.15, 0.2) is 11.6 Å². The normalized spacial score (nSPS) is 14.1. The summed E-state index contributed by atoms with van der Waals surface area (Å²) in [6.07, 6.45) is 2.03. The summed E-state index contributed by atoms with van der Waals surface area (Å²) >= 11 is 0. The van der Waals surface area contributed by atoms with Crippen molar-refractivity contribution in [3.63, 3.8) is 0 Å². The highest BCUT2D eigenvalue weighted by atomic mass is 19.1. The Morgan fingerprint density at radius 1 is 1.25 bits per heavy atom. The molecule has 1 aromatic carbocycles. The molecule has 0 aliphatic heterocycles. The SMILES string of the molecule is CCCC(OCC)C(NCC)c1ccc(OC)c(F)c1. The molecule has 0 bridgehead atoms. The van der Waals surface area contributed by atoms with E-state index < -0.39 is 0 Å². The fourth-order valence-corrected chi connectivity index (χ4v) is 2.40. The fraction of sp³-hybridized carbons (Fsp3) is 0.625. The number of hydrogen-bond donors (Lipinski definition) is 1. The third-order valence-electron chi connectivity index (χ3n) is 3.28. The summed E-state index contributed by atoms with van der Waals surface area (Å²) in [7, 11) is 1.47. The number of hydrogen-bond acceptors (Lipinski definition) is 3. The Morgan fingerprint density at radius 2 is 2.00 bits per heavy atom. The molecule has 0 aromatic heterocycles. The molecular formula is C16H26FNO2. The lowest BCUT2D eigenvalue weighted by atomic mass is 9.97. The zero-order valence-corrected chi connectivity index (χ0v) is 12.9. The van der Waals surface area contributed by atoms with Gasteiger partial charge in [0.1, 0.15) is 0 Å². The standard InChI is InChI=1S/C16H26FNO2/c1-5-8-15(20-7-3)16(18-6-2)12-9-10-14(19-4)13(17)11-12/h9-11,15-16,18H,5-8H2,1-4H3. The van der Waals surface area contributed by atoms with Crippen molar-refractivity contribution in [3.8, 4) is 5.75 Å². The number of ether oxygens (including phenoxy) is 2. The van der Waals surface area contributed by atoms with Crippen LogP contribution in [0.5, 0.6) is 5.75 Å². The highest BCUT2D eigenvalue weighted by Gasteiger charge is 2.23. The molecule has 0 fully saturated rings. The van der Waals surface area contributed by atoms with Crippen molar-refractivity contribution < 1.29 is 13.9 Å². The molecule has 0 saturated heterocycles. The maximum Gasteiger partial charge on any atom is 0.165 e. The van der Waals surface area contributed by atoms with E-state index in [0.717, 1.165) is 24.9 Å². The topological polar surface area (TPSA) is 30.5 Å². The highest BCUT2D eigenvalue weighted by molar-refractivity contribution is 5.31. The van der Waals surface area contributed by atoms with E-state index in [9.17, 15) is 4.39 Å². The summed E-state index contributed by atoms with van der Waals surface area (Å²) < 4.78 is 24.7. The molecule has 20 heavy (non-hydrogen) atoms. The van der Waals surface area contributed by atoms with Gasteiger partial charge in [-0.25, -0.2) is 4.39 Å². The molecule has 1 aromatic rings. The van der Waals surface area contributed by atoms with Gasteiger partial charge in [-0.1, -0.05) is 26.3 Å². The van der Waals surface area contributed by atoms with E-state index in [2.05, 4.69) is 12.2 Å². The largest absolute Gasteiger partial charge is 0.494 e. The Bertz CT molecular complexity index is 392. The molecule has 0 aliphatic rings. The van der Waals surface area contributed by atoms with Gasteiger partial charge < -0.3 is 14.8 Å². The number of nitrogens with one attached hydrogen (secondary N) is 1. The van der Waals surface area contributed by atoms with Gasteiger partial charge in [-0.3, -0.25) is 0 Å². The van der Waals surface area contributed by atoms with Crippen molar-refractivity contribution in [3.05, 3.63) is 29.6 Å². The van der Waals surface area contributed by atoms with Crippen molar-refractivity contribution in [2.75, 3.05) is 20.3 Å². The number of likely N-dealkylation sites (N-methyl/N-ethyl adjacent to an activating group) is 1. The molecule has 2 atom stereocenters. The molecule has 0 spiro atoms. The van der Waals surface area contributed by atoms with E-state index in [0.29, 0.717) is 6.61 Å². The molecule has 0 radical (unpaired) electrons. The Hall–Kier alpha value is -1.13. The van der Waals surface area contributed by atoms with Crippen molar-refractivity contribution in [2.24, 2.45) is 0 Å². The molecule has 0 amide bonds. The monoisotopic (exact) mass is 283 g/mol. The van der Waals surface area contributed by atoms with Gasteiger partial charge in [0.25, 0.3) is 0 Å². The lowest BCUT2D eigenvalue weighted by molar-refractivity contribution is 0.0279. The number of methoxy groups -OCH3 is 1. The lowest BCUT2D eigenvalue weighted by Crippen LogP contribution is -2.34. The Balaban J connectivity index is 3.01. The van der Waals surface area contributed by atoms with Crippen molar-refractivity contribution in [2.45, 2.75) is 45.8 Å². The number of halogens is 1. The first kappa shape index (κ1) is 16.9. The first-order valence-corrected chi connectivity index (χ1v) is 7.36. The predicted molar refractivity (Wildman–Crippen MR) is 79.7 cm³/mol. The van der Waals surface area contributed by atoms with Gasteiger partial charge in [-0.2, -0.15) is 0 Å². The smallest absolute Gasteiger partial charge is 0.165 e. The van der Waals surface area contributed by atoms with Crippen LogP contribution in [0.25, 0.3) is 0 Å². The molecular weight excluding hydrogens is 257 g/mol. The summed E-state index contributed by atoms with van der Waals surface area (Å²) in [5.74, 6) is -0.0629. The maximum absolute atomic E-state index is 13.9. The lowest BCUT2D eigenvalue weighted by Gasteiger charge is -2.28. The molecule has 3 nitrogen and oxygen atoms in total. The Kier molecular flexibility index (Phi) is 7.55. The molecule has 0 heterocycles. The molecule has 0 aliphatic carbocycles. The van der Waals surface area contributed by atoms with Gasteiger partial charge >= 0.3 is 0 Å². The second-order valence-electron chi connectivity index (χ2n) is 4.71. The van der Waals surface area contributed by atoms with Crippen LogP contribution in [0.15, 0.2) is 18.2 Å². The zero-order chi connectivity index (χ0) is 15.0. The van der Waals surface area contributed by atoms with Gasteiger partial charge in [-0.15, -0.1) is 0 Å². The van der Waals surface area contributed by atoms with E-state index in [1.807, 2.05) is 19.9 Å². The number of rotatable bonds is 9. The van der Waals surface area contributed by atoms with Crippen LogP contribution < -0.4 is 10.1 Å². The second-order valence-corrected chi connectivity index (χ2v) is 4.71. The first-order chi connectivity index (χ1) is 9.67. The molecule has 1 N–H and O–H groups in total. The van der Waals surface area contributed by atoms with Crippen LogP contribution in [-0.4, -0.2) is 26.4 Å². The van der Waals surface area contributed by atoms with E-state index in [1.165, 1.54) is 13.2 Å². The second kappa shape index (κ2) is 8.93. The van der Waals surface area contributed by atoms with Gasteiger partial charge in [0, 0.05) is 6.61 Å². The van der Waals surface area contributed by atoms with E-state index in [-0.39, 0.29) is 23.7 Å². The molecule has 1 rings (SSSR count). The third-order valence-corrected chi connectivity index (χ3v) is 3.28. The molecule has 2 unspecified atom stereocenters. The van der Waals surface area contributed by atoms with Gasteiger partial charge in [0.05, 0.1) is 19.3 Å². The molecule has 114 valence electrons. The van der Waals surface area contributed by atoms with Crippen molar-refractivity contribution in [1.82, 2.24) is 5.32 Å². The van der Waals surface area contributed by atoms with E-state index in [1.54, 1.807) is 6.07 Å². The van der Waals surface area contributed by atoms with Gasteiger partial charge in [0.2, 0.25) is 0 Å².